The van der Waals surface area contributed by atoms with Gasteiger partial charge in [-0.05, 0) is 37.5 Å². The number of alkyl halides is 3. The van der Waals surface area contributed by atoms with Crippen LogP contribution < -0.4 is 11.1 Å². The minimum atomic E-state index is -4.63. The molecule has 6 nitrogen and oxygen atoms in total. The van der Waals surface area contributed by atoms with Gasteiger partial charge in [-0.25, -0.2) is 0 Å². The smallest absolute Gasteiger partial charge is 0.416 e. The number of benzene rings is 1. The fourth-order valence-electron chi connectivity index (χ4n) is 2.98. The third kappa shape index (κ3) is 3.66. The van der Waals surface area contributed by atoms with Crippen molar-refractivity contribution >= 4 is 17.8 Å². The highest BCUT2D eigenvalue weighted by molar-refractivity contribution is 5.93. The van der Waals surface area contributed by atoms with E-state index in [1.165, 1.54) is 13.0 Å². The van der Waals surface area contributed by atoms with Crippen molar-refractivity contribution in [2.45, 2.75) is 44.3 Å². The molecule has 142 valence electrons. The van der Waals surface area contributed by atoms with Gasteiger partial charge in [-0.15, -0.1) is 0 Å². The largest absolute Gasteiger partial charge is 0.481 e. The quantitative estimate of drug-likeness (QED) is 0.711. The van der Waals surface area contributed by atoms with E-state index in [4.69, 9.17) is 5.73 Å². The number of nitrogens with one attached hydrogen (secondary N) is 1. The lowest BCUT2D eigenvalue weighted by atomic mass is 9.66. The average Bonchev–Trinajstić information content (AvgIpc) is 2.49. The van der Waals surface area contributed by atoms with Gasteiger partial charge >= 0.3 is 12.1 Å². The van der Waals surface area contributed by atoms with Gasteiger partial charge in [0.2, 0.25) is 11.8 Å². The van der Waals surface area contributed by atoms with Gasteiger partial charge in [0.1, 0.15) is 5.54 Å². The fraction of sp³-hybridized carbons (Fsp3) is 0.471. The molecule has 4 N–H and O–H groups in total. The van der Waals surface area contributed by atoms with Crippen molar-refractivity contribution in [3.63, 3.8) is 0 Å². The number of hydrogen-bond acceptors (Lipinski definition) is 3. The van der Waals surface area contributed by atoms with Gasteiger partial charge in [-0.1, -0.05) is 18.6 Å². The van der Waals surface area contributed by atoms with Crippen molar-refractivity contribution in [3.8, 4) is 0 Å². The zero-order valence-electron chi connectivity index (χ0n) is 14.0. The topological polar surface area (TPSA) is 109 Å². The van der Waals surface area contributed by atoms with Crippen molar-refractivity contribution in [3.05, 3.63) is 35.4 Å². The molecule has 9 heteroatoms. The van der Waals surface area contributed by atoms with E-state index in [0.717, 1.165) is 18.2 Å². The first-order chi connectivity index (χ1) is 11.9. The molecule has 1 aromatic carbocycles. The molecular formula is C17H19F3N2O4. The second kappa shape index (κ2) is 6.62. The molecule has 1 unspecified atom stereocenters. The van der Waals surface area contributed by atoms with E-state index in [2.05, 4.69) is 5.32 Å². The van der Waals surface area contributed by atoms with Crippen molar-refractivity contribution in [1.82, 2.24) is 5.32 Å². The third-order valence-corrected chi connectivity index (χ3v) is 4.91. The van der Waals surface area contributed by atoms with Gasteiger partial charge in [0.25, 0.3) is 0 Å². The molecule has 0 aliphatic heterocycles. The molecule has 0 bridgehead atoms. The summed E-state index contributed by atoms with van der Waals surface area (Å²) < 4.78 is 38.7. The molecule has 1 saturated carbocycles. The number of primary amides is 1. The molecule has 1 aliphatic rings. The lowest BCUT2D eigenvalue weighted by molar-refractivity contribution is -0.158. The van der Waals surface area contributed by atoms with E-state index in [0.29, 0.717) is 19.3 Å². The average molecular weight is 372 g/mol. The molecule has 0 spiro atoms. The number of nitrogens with two attached hydrogens (primary N) is 1. The predicted molar refractivity (Wildman–Crippen MR) is 84.7 cm³/mol. The number of carbonyl (C=O) groups excluding carboxylic acids is 2. The van der Waals surface area contributed by atoms with Crippen LogP contribution in [-0.4, -0.2) is 22.9 Å². The minimum Gasteiger partial charge on any atom is -0.481 e. The summed E-state index contributed by atoms with van der Waals surface area (Å²) in [6, 6.07) is 3.93. The molecule has 1 fully saturated rings. The number of rotatable bonds is 6. The van der Waals surface area contributed by atoms with Crippen LogP contribution >= 0.6 is 0 Å². The van der Waals surface area contributed by atoms with E-state index in [-0.39, 0.29) is 12.0 Å². The summed E-state index contributed by atoms with van der Waals surface area (Å²) in [6.45, 7) is 1.19. The molecule has 2 rings (SSSR count). The Morgan fingerprint density at radius 2 is 1.81 bits per heavy atom. The van der Waals surface area contributed by atoms with Crippen LogP contribution in [0.25, 0.3) is 0 Å². The van der Waals surface area contributed by atoms with Crippen LogP contribution in [0.2, 0.25) is 0 Å². The monoisotopic (exact) mass is 372 g/mol. The number of hydrogen-bond donors (Lipinski definition) is 3. The van der Waals surface area contributed by atoms with Gasteiger partial charge in [0, 0.05) is 6.42 Å². The van der Waals surface area contributed by atoms with Crippen LogP contribution in [0.4, 0.5) is 13.2 Å². The predicted octanol–water partition coefficient (Wildman–Crippen LogP) is 2.17. The minimum absolute atomic E-state index is 0.133. The summed E-state index contributed by atoms with van der Waals surface area (Å²) >= 11 is 0. The summed E-state index contributed by atoms with van der Waals surface area (Å²) in [7, 11) is 0. The Morgan fingerprint density at radius 3 is 2.23 bits per heavy atom. The number of carbonyl (C=O) groups is 3. The standard InChI is InChI=1S/C17H19F3N2O4/c1-15(13(21)24,10-4-2-5-11(8-10)17(18,19)20)22-12(23)9-16(14(25)26)6-3-7-16/h2,4-5,8H,3,6-7,9H2,1H3,(H2,21,24)(H,22,23)(H,25,26). The van der Waals surface area contributed by atoms with Gasteiger partial charge in [0.05, 0.1) is 11.0 Å². The Balaban J connectivity index is 2.29. The Labute approximate surface area is 147 Å². The second-order valence-electron chi connectivity index (χ2n) is 6.73. The second-order valence-corrected chi connectivity index (χ2v) is 6.73. The fourth-order valence-corrected chi connectivity index (χ4v) is 2.98. The number of aliphatic carboxylic acids is 1. The number of carboxylic acid groups (broad SMARTS) is 1. The van der Waals surface area contributed by atoms with E-state index in [1.54, 1.807) is 0 Å². The van der Waals surface area contributed by atoms with Gasteiger partial charge in [-0.3, -0.25) is 14.4 Å². The van der Waals surface area contributed by atoms with Crippen LogP contribution in [0.5, 0.6) is 0 Å². The van der Waals surface area contributed by atoms with Gasteiger partial charge < -0.3 is 16.2 Å². The molecule has 2 amide bonds. The molecular weight excluding hydrogens is 353 g/mol. The third-order valence-electron chi connectivity index (χ3n) is 4.91. The molecule has 0 heterocycles. The zero-order valence-corrected chi connectivity index (χ0v) is 14.0. The molecule has 0 radical (unpaired) electrons. The summed E-state index contributed by atoms with van der Waals surface area (Å²) in [5.74, 6) is -2.92. The summed E-state index contributed by atoms with van der Waals surface area (Å²) in [5.41, 5.74) is 1.11. The zero-order chi connectivity index (χ0) is 19.8. The lowest BCUT2D eigenvalue weighted by Crippen LogP contribution is -2.54. The first kappa shape index (κ1) is 19.7. The first-order valence-corrected chi connectivity index (χ1v) is 7.93. The Hall–Kier alpha value is -2.58. The highest BCUT2D eigenvalue weighted by atomic mass is 19.4. The maximum absolute atomic E-state index is 12.9. The molecule has 1 aromatic rings. The number of halogens is 3. The maximum atomic E-state index is 12.9. The Bertz CT molecular complexity index is 744. The van der Waals surface area contributed by atoms with E-state index < -0.39 is 40.5 Å². The molecule has 26 heavy (non-hydrogen) atoms. The highest BCUT2D eigenvalue weighted by Gasteiger charge is 2.47. The van der Waals surface area contributed by atoms with Crippen LogP contribution in [0, 0.1) is 5.41 Å². The molecule has 0 saturated heterocycles. The summed E-state index contributed by atoms with van der Waals surface area (Å²) in [6.07, 6.45) is -3.68. The normalized spacial score (nSPS) is 18.3. The van der Waals surface area contributed by atoms with Gasteiger partial charge in [-0.2, -0.15) is 13.2 Å². The maximum Gasteiger partial charge on any atom is 0.416 e. The van der Waals surface area contributed by atoms with Crippen molar-refractivity contribution < 1.29 is 32.7 Å². The first-order valence-electron chi connectivity index (χ1n) is 7.93. The molecule has 0 aromatic heterocycles. The number of amides is 2. The summed E-state index contributed by atoms with van der Waals surface area (Å²) in [5, 5.41) is 11.6. The van der Waals surface area contributed by atoms with Gasteiger partial charge in [0.15, 0.2) is 0 Å². The van der Waals surface area contributed by atoms with Crippen molar-refractivity contribution in [2.24, 2.45) is 11.1 Å². The number of carboxylic acids is 1. The Kier molecular flexibility index (Phi) is 5.03. The molecule has 1 atom stereocenters. The lowest BCUT2D eigenvalue weighted by Gasteiger charge is -2.38. The van der Waals surface area contributed by atoms with E-state index in [9.17, 15) is 32.7 Å². The van der Waals surface area contributed by atoms with Crippen molar-refractivity contribution in [2.75, 3.05) is 0 Å². The SMILES string of the molecule is CC(NC(=O)CC1(C(=O)O)CCC1)(C(N)=O)c1cccc(C(F)(F)F)c1. The molecule has 1 aliphatic carbocycles. The van der Waals surface area contributed by atoms with Crippen LogP contribution in [0.3, 0.4) is 0 Å². The van der Waals surface area contributed by atoms with Crippen LogP contribution in [-0.2, 0) is 26.1 Å². The van der Waals surface area contributed by atoms with Crippen LogP contribution in [0.15, 0.2) is 24.3 Å². The van der Waals surface area contributed by atoms with E-state index in [1.807, 2.05) is 0 Å². The van der Waals surface area contributed by atoms with Crippen molar-refractivity contribution in [1.29, 1.82) is 0 Å². The highest BCUT2D eigenvalue weighted by Crippen LogP contribution is 2.44. The summed E-state index contributed by atoms with van der Waals surface area (Å²) in [4.78, 5) is 35.6. The Morgan fingerprint density at radius 1 is 1.23 bits per heavy atom. The van der Waals surface area contributed by atoms with E-state index >= 15 is 0 Å². The van der Waals surface area contributed by atoms with Crippen LogP contribution in [0.1, 0.15) is 43.7 Å².